The Morgan fingerprint density at radius 3 is 2.29 bits per heavy atom. The molecule has 7 heteroatoms. The van der Waals surface area contributed by atoms with Gasteiger partial charge in [0.15, 0.2) is 5.12 Å². The average Bonchev–Trinajstić information content (AvgIpc) is 3.29. The molecule has 1 heterocycles. The molecule has 0 spiro atoms. The smallest absolute Gasteiger partial charge is 0.261 e. The molecule has 4 rings (SSSR count). The molecule has 4 nitrogen and oxygen atoms in total. The number of sulfonamides is 1. The van der Waals surface area contributed by atoms with E-state index < -0.39 is 10.0 Å². The van der Waals surface area contributed by atoms with Crippen LogP contribution >= 0.6 is 23.1 Å². The normalized spacial score (nSPS) is 11.2. The first kappa shape index (κ1) is 21.4. The number of rotatable bonds is 7. The van der Waals surface area contributed by atoms with E-state index in [4.69, 9.17) is 0 Å². The second-order valence-corrected chi connectivity index (χ2v) is 10.4. The highest BCUT2D eigenvalue weighted by Crippen LogP contribution is 2.31. The standard InChI is InChI=1S/C24H19NO3S3/c26-24(30-21-9-5-2-6-10-21)16-19-15-22(11-12-23(19)18-13-14-29-17-18)31(27,28)25-20-7-3-1-4-8-20/h1-15,17,25H,16H2. The zero-order valence-electron chi connectivity index (χ0n) is 16.4. The number of para-hydroxylation sites is 1. The fourth-order valence-electron chi connectivity index (χ4n) is 3.11. The topological polar surface area (TPSA) is 63.2 Å². The van der Waals surface area contributed by atoms with E-state index in [0.29, 0.717) is 11.3 Å². The Labute approximate surface area is 190 Å². The molecule has 0 unspecified atom stereocenters. The van der Waals surface area contributed by atoms with Crippen LogP contribution in [0, 0.1) is 0 Å². The second-order valence-electron chi connectivity index (χ2n) is 6.77. The lowest BCUT2D eigenvalue weighted by atomic mass is 10.0. The van der Waals surface area contributed by atoms with Gasteiger partial charge in [0.1, 0.15) is 0 Å². The van der Waals surface area contributed by atoms with Crippen molar-refractivity contribution < 1.29 is 13.2 Å². The van der Waals surface area contributed by atoms with Gasteiger partial charge in [-0.2, -0.15) is 11.3 Å². The first-order chi connectivity index (χ1) is 15.0. The van der Waals surface area contributed by atoms with Gasteiger partial charge in [0, 0.05) is 17.0 Å². The van der Waals surface area contributed by atoms with Crippen LogP contribution in [-0.4, -0.2) is 13.5 Å². The van der Waals surface area contributed by atoms with Crippen molar-refractivity contribution in [3.05, 3.63) is 101 Å². The summed E-state index contributed by atoms with van der Waals surface area (Å²) < 4.78 is 28.5. The molecule has 1 N–H and O–H groups in total. The van der Waals surface area contributed by atoms with E-state index in [1.54, 1.807) is 53.8 Å². The third kappa shape index (κ3) is 5.44. The van der Waals surface area contributed by atoms with Crippen molar-refractivity contribution in [2.24, 2.45) is 0 Å². The second kappa shape index (κ2) is 9.51. The molecule has 4 aromatic rings. The third-order valence-corrected chi connectivity index (χ3v) is 7.50. The number of nitrogens with one attached hydrogen (secondary N) is 1. The fourth-order valence-corrected chi connectivity index (χ4v) is 5.66. The highest BCUT2D eigenvalue weighted by atomic mass is 32.2. The molecule has 0 saturated heterocycles. The van der Waals surface area contributed by atoms with Gasteiger partial charge < -0.3 is 0 Å². The zero-order valence-corrected chi connectivity index (χ0v) is 18.8. The summed E-state index contributed by atoms with van der Waals surface area (Å²) in [7, 11) is -3.78. The Hall–Kier alpha value is -2.87. The van der Waals surface area contributed by atoms with Gasteiger partial charge >= 0.3 is 0 Å². The van der Waals surface area contributed by atoms with E-state index in [1.807, 2.05) is 53.2 Å². The maximum absolute atomic E-state index is 12.9. The maximum Gasteiger partial charge on any atom is 0.261 e. The number of benzene rings is 3. The molecule has 31 heavy (non-hydrogen) atoms. The van der Waals surface area contributed by atoms with Crippen molar-refractivity contribution >= 4 is 43.9 Å². The Bertz CT molecular complexity index is 1270. The minimum Gasteiger partial charge on any atom is -0.286 e. The summed E-state index contributed by atoms with van der Waals surface area (Å²) in [5.74, 6) is 0. The van der Waals surface area contributed by atoms with Crippen molar-refractivity contribution in [2.75, 3.05) is 4.72 Å². The van der Waals surface area contributed by atoms with Gasteiger partial charge in [0.2, 0.25) is 0 Å². The molecule has 156 valence electrons. The summed E-state index contributed by atoms with van der Waals surface area (Å²) in [4.78, 5) is 13.7. The van der Waals surface area contributed by atoms with Crippen molar-refractivity contribution in [2.45, 2.75) is 16.2 Å². The predicted molar refractivity (Wildman–Crippen MR) is 128 cm³/mol. The quantitative estimate of drug-likeness (QED) is 0.336. The third-order valence-electron chi connectivity index (χ3n) is 4.55. The molecular formula is C24H19NO3S3. The number of hydrogen-bond acceptors (Lipinski definition) is 5. The molecule has 0 aliphatic rings. The molecule has 0 radical (unpaired) electrons. The molecule has 0 bridgehead atoms. The summed E-state index contributed by atoms with van der Waals surface area (Å²) >= 11 is 2.71. The number of carbonyl (C=O) groups excluding carboxylic acids is 1. The van der Waals surface area contributed by atoms with Gasteiger partial charge in [0.05, 0.1) is 4.90 Å². The van der Waals surface area contributed by atoms with Crippen LogP contribution in [0.25, 0.3) is 11.1 Å². The van der Waals surface area contributed by atoms with Gasteiger partial charge in [-0.25, -0.2) is 8.42 Å². The van der Waals surface area contributed by atoms with Crippen molar-refractivity contribution in [3.63, 3.8) is 0 Å². The average molecular weight is 466 g/mol. The van der Waals surface area contributed by atoms with E-state index in [9.17, 15) is 13.2 Å². The SMILES string of the molecule is O=C(Cc1cc(S(=O)(=O)Nc2ccccc2)ccc1-c1ccsc1)Sc1ccccc1. The fraction of sp³-hybridized carbons (Fsp3) is 0.0417. The molecule has 0 fully saturated rings. The van der Waals surface area contributed by atoms with Gasteiger partial charge in [-0.3, -0.25) is 9.52 Å². The van der Waals surface area contributed by atoms with E-state index in [1.165, 1.54) is 0 Å². The Morgan fingerprint density at radius 1 is 0.903 bits per heavy atom. The number of anilines is 1. The van der Waals surface area contributed by atoms with Crippen LogP contribution in [0.15, 0.2) is 105 Å². The lowest BCUT2D eigenvalue weighted by Crippen LogP contribution is -2.13. The number of carbonyl (C=O) groups is 1. The molecule has 3 aromatic carbocycles. The lowest BCUT2D eigenvalue weighted by Gasteiger charge is -2.13. The highest BCUT2D eigenvalue weighted by Gasteiger charge is 2.19. The summed E-state index contributed by atoms with van der Waals surface area (Å²) in [6, 6.07) is 25.1. The van der Waals surface area contributed by atoms with Gasteiger partial charge in [-0.05, 0) is 69.9 Å². The molecule has 0 aliphatic heterocycles. The Morgan fingerprint density at radius 2 is 1.61 bits per heavy atom. The van der Waals surface area contributed by atoms with Crippen molar-refractivity contribution in [1.82, 2.24) is 0 Å². The van der Waals surface area contributed by atoms with Crippen molar-refractivity contribution in [1.29, 1.82) is 0 Å². The number of hydrogen-bond donors (Lipinski definition) is 1. The van der Waals surface area contributed by atoms with Gasteiger partial charge in [-0.1, -0.05) is 54.2 Å². The molecular weight excluding hydrogens is 446 g/mol. The predicted octanol–water partition coefficient (Wildman–Crippen LogP) is 6.08. The Balaban J connectivity index is 1.65. The number of thioether (sulfide) groups is 1. The van der Waals surface area contributed by atoms with E-state index in [0.717, 1.165) is 27.8 Å². The van der Waals surface area contributed by atoms with Crippen LogP contribution in [0.1, 0.15) is 5.56 Å². The Kier molecular flexibility index (Phi) is 6.56. The van der Waals surface area contributed by atoms with Crippen LogP contribution in [-0.2, 0) is 21.2 Å². The summed E-state index contributed by atoms with van der Waals surface area (Å²) in [5, 5.41) is 3.90. The lowest BCUT2D eigenvalue weighted by molar-refractivity contribution is -0.110. The molecule has 0 atom stereocenters. The molecule has 0 saturated carbocycles. The maximum atomic E-state index is 12.9. The molecule has 1 aromatic heterocycles. The van der Waals surface area contributed by atoms with Crippen LogP contribution in [0.2, 0.25) is 0 Å². The van der Waals surface area contributed by atoms with E-state index >= 15 is 0 Å². The monoisotopic (exact) mass is 465 g/mol. The van der Waals surface area contributed by atoms with Crippen LogP contribution in [0.3, 0.4) is 0 Å². The van der Waals surface area contributed by atoms with Crippen LogP contribution in [0.4, 0.5) is 5.69 Å². The summed E-state index contributed by atoms with van der Waals surface area (Å²) in [6.07, 6.45) is 0.124. The molecule has 0 aliphatic carbocycles. The van der Waals surface area contributed by atoms with Gasteiger partial charge in [-0.15, -0.1) is 0 Å². The first-order valence-electron chi connectivity index (χ1n) is 9.50. The minimum atomic E-state index is -3.78. The van der Waals surface area contributed by atoms with Gasteiger partial charge in [0.25, 0.3) is 10.0 Å². The summed E-state index contributed by atoms with van der Waals surface area (Å²) in [5.41, 5.74) is 3.00. The number of thiophene rings is 1. The zero-order chi connectivity index (χ0) is 21.7. The minimum absolute atomic E-state index is 0.0479. The van der Waals surface area contributed by atoms with Crippen molar-refractivity contribution in [3.8, 4) is 11.1 Å². The van der Waals surface area contributed by atoms with E-state index in [-0.39, 0.29) is 16.4 Å². The summed E-state index contributed by atoms with van der Waals surface area (Å²) in [6.45, 7) is 0. The molecule has 0 amide bonds. The largest absolute Gasteiger partial charge is 0.286 e. The highest BCUT2D eigenvalue weighted by molar-refractivity contribution is 8.13. The van der Waals surface area contributed by atoms with Crippen LogP contribution in [0.5, 0.6) is 0 Å². The van der Waals surface area contributed by atoms with E-state index in [2.05, 4.69) is 4.72 Å². The first-order valence-corrected chi connectivity index (χ1v) is 12.7. The van der Waals surface area contributed by atoms with Crippen LogP contribution < -0.4 is 4.72 Å².